The maximum atomic E-state index is 14.0. The Hall–Kier alpha value is -2.42. The average Bonchev–Trinajstić information content (AvgIpc) is 3.17. The second kappa shape index (κ2) is 8.72. The van der Waals surface area contributed by atoms with Crippen LogP contribution in [-0.2, 0) is 17.5 Å². The number of carbonyl (C=O) groups excluding carboxylic acids is 1. The van der Waals surface area contributed by atoms with Crippen molar-refractivity contribution >= 4 is 5.91 Å². The monoisotopic (exact) mass is 399 g/mol. The Morgan fingerprint density at radius 1 is 1.25 bits per heavy atom. The van der Waals surface area contributed by atoms with Crippen molar-refractivity contribution < 1.29 is 27.1 Å². The van der Waals surface area contributed by atoms with E-state index in [-0.39, 0.29) is 12.2 Å². The van der Waals surface area contributed by atoms with E-state index in [2.05, 4.69) is 5.10 Å². The summed E-state index contributed by atoms with van der Waals surface area (Å²) in [6.07, 6.45) is -2.23. The van der Waals surface area contributed by atoms with Gasteiger partial charge in [-0.25, -0.2) is 4.39 Å². The van der Waals surface area contributed by atoms with Gasteiger partial charge >= 0.3 is 6.18 Å². The van der Waals surface area contributed by atoms with E-state index in [9.17, 15) is 22.4 Å². The minimum atomic E-state index is -4.62. The van der Waals surface area contributed by atoms with Gasteiger partial charge in [-0.05, 0) is 31.2 Å². The third kappa shape index (κ3) is 5.09. The van der Waals surface area contributed by atoms with Crippen molar-refractivity contribution in [2.45, 2.75) is 32.0 Å². The highest BCUT2D eigenvalue weighted by Crippen LogP contribution is 2.28. The summed E-state index contributed by atoms with van der Waals surface area (Å²) in [7, 11) is 0. The average molecular weight is 399 g/mol. The van der Waals surface area contributed by atoms with Crippen LogP contribution in [0.5, 0.6) is 0 Å². The summed E-state index contributed by atoms with van der Waals surface area (Å²) in [5.74, 6) is -0.777. The molecule has 5 nitrogen and oxygen atoms in total. The molecule has 2 aromatic rings. The molecule has 9 heteroatoms. The third-order valence-electron chi connectivity index (χ3n) is 4.86. The van der Waals surface area contributed by atoms with E-state index in [0.29, 0.717) is 43.7 Å². The molecular weight excluding hydrogens is 378 g/mol. The van der Waals surface area contributed by atoms with Gasteiger partial charge in [-0.2, -0.15) is 18.3 Å². The highest BCUT2D eigenvalue weighted by atomic mass is 19.4. The Kier molecular flexibility index (Phi) is 6.33. The van der Waals surface area contributed by atoms with Crippen LogP contribution in [0.25, 0.3) is 0 Å². The summed E-state index contributed by atoms with van der Waals surface area (Å²) in [5.41, 5.74) is -1.13. The number of benzene rings is 1. The molecule has 152 valence electrons. The smallest absolute Gasteiger partial charge is 0.381 e. The molecule has 2 heterocycles. The fourth-order valence-electron chi connectivity index (χ4n) is 3.20. The van der Waals surface area contributed by atoms with E-state index < -0.39 is 23.6 Å². The number of aromatic nitrogens is 2. The van der Waals surface area contributed by atoms with Crippen LogP contribution in [0, 0.1) is 11.7 Å². The molecule has 1 saturated heterocycles. The van der Waals surface area contributed by atoms with Crippen molar-refractivity contribution in [2.75, 3.05) is 19.8 Å². The molecule has 3 rings (SSSR count). The normalized spacial score (nSPS) is 15.6. The van der Waals surface area contributed by atoms with E-state index >= 15 is 0 Å². The number of aromatic amines is 1. The molecule has 1 aromatic heterocycles. The molecule has 28 heavy (non-hydrogen) atoms. The highest BCUT2D eigenvalue weighted by Gasteiger charge is 2.34. The first-order valence-electron chi connectivity index (χ1n) is 9.07. The second-order valence-electron chi connectivity index (χ2n) is 6.83. The zero-order valence-corrected chi connectivity index (χ0v) is 15.1. The van der Waals surface area contributed by atoms with Gasteiger partial charge in [0.15, 0.2) is 5.69 Å². The lowest BCUT2D eigenvalue weighted by molar-refractivity contribution is -0.141. The number of H-pyrrole nitrogens is 1. The van der Waals surface area contributed by atoms with Crippen LogP contribution in [0.3, 0.4) is 0 Å². The lowest BCUT2D eigenvalue weighted by Gasteiger charge is -2.27. The Morgan fingerprint density at radius 3 is 2.61 bits per heavy atom. The Bertz CT molecular complexity index is 800. The highest BCUT2D eigenvalue weighted by molar-refractivity contribution is 5.92. The number of hydrogen-bond donors (Lipinski definition) is 1. The molecule has 0 spiro atoms. The van der Waals surface area contributed by atoms with E-state index in [0.717, 1.165) is 12.8 Å². The van der Waals surface area contributed by atoms with Gasteiger partial charge < -0.3 is 9.64 Å². The first-order valence-corrected chi connectivity index (χ1v) is 9.07. The molecule has 1 aromatic carbocycles. The number of halogens is 4. The van der Waals surface area contributed by atoms with Crippen LogP contribution in [-0.4, -0.2) is 40.8 Å². The molecule has 1 aliphatic heterocycles. The fourth-order valence-corrected chi connectivity index (χ4v) is 3.20. The number of rotatable bonds is 6. The minimum absolute atomic E-state index is 0.0388. The number of ether oxygens (including phenoxy) is 1. The number of alkyl halides is 3. The van der Waals surface area contributed by atoms with Crippen LogP contribution in [0.1, 0.15) is 41.0 Å². The maximum absolute atomic E-state index is 14.0. The number of amides is 1. The topological polar surface area (TPSA) is 58.2 Å². The number of nitrogens with zero attached hydrogens (tertiary/aromatic N) is 2. The van der Waals surface area contributed by atoms with Crippen molar-refractivity contribution in [1.29, 1.82) is 0 Å². The summed E-state index contributed by atoms with van der Waals surface area (Å²) in [5, 5.41) is 5.36. The van der Waals surface area contributed by atoms with E-state index in [1.165, 1.54) is 17.0 Å². The van der Waals surface area contributed by atoms with E-state index in [4.69, 9.17) is 4.74 Å². The summed E-state index contributed by atoms with van der Waals surface area (Å²) < 4.78 is 57.8. The Morgan fingerprint density at radius 2 is 1.96 bits per heavy atom. The minimum Gasteiger partial charge on any atom is -0.381 e. The fraction of sp³-hybridized carbons (Fsp3) is 0.474. The molecule has 0 saturated carbocycles. The summed E-state index contributed by atoms with van der Waals surface area (Å²) in [4.78, 5) is 14.2. The van der Waals surface area contributed by atoms with Gasteiger partial charge in [0, 0.05) is 37.9 Å². The molecule has 0 atom stereocenters. The summed E-state index contributed by atoms with van der Waals surface area (Å²) in [6, 6.07) is 6.71. The molecule has 1 amide bonds. The molecule has 1 aliphatic rings. The number of carbonyl (C=O) groups is 1. The lowest BCUT2D eigenvalue weighted by Crippen LogP contribution is -2.33. The predicted octanol–water partition coefficient (Wildman–Crippen LogP) is 4.03. The van der Waals surface area contributed by atoms with Crippen LogP contribution < -0.4 is 0 Å². The van der Waals surface area contributed by atoms with Crippen molar-refractivity contribution in [3.63, 3.8) is 0 Å². The zero-order valence-electron chi connectivity index (χ0n) is 15.1. The number of hydrogen-bond acceptors (Lipinski definition) is 3. The van der Waals surface area contributed by atoms with Crippen LogP contribution >= 0.6 is 0 Å². The van der Waals surface area contributed by atoms with Gasteiger partial charge in [-0.15, -0.1) is 0 Å². The third-order valence-corrected chi connectivity index (χ3v) is 4.86. The van der Waals surface area contributed by atoms with Gasteiger partial charge in [0.25, 0.3) is 5.91 Å². The predicted molar refractivity (Wildman–Crippen MR) is 92.9 cm³/mol. The van der Waals surface area contributed by atoms with Gasteiger partial charge in [-0.3, -0.25) is 9.89 Å². The first-order chi connectivity index (χ1) is 13.3. The molecule has 0 bridgehead atoms. The van der Waals surface area contributed by atoms with Gasteiger partial charge in [0.2, 0.25) is 0 Å². The van der Waals surface area contributed by atoms with Gasteiger partial charge in [0.1, 0.15) is 11.5 Å². The van der Waals surface area contributed by atoms with Crippen LogP contribution in [0.4, 0.5) is 17.6 Å². The van der Waals surface area contributed by atoms with Crippen molar-refractivity contribution in [3.8, 4) is 0 Å². The SMILES string of the molecule is O=C(c1cc(C(F)(F)F)[nH]n1)N(CCC1CCOCC1)Cc1ccccc1F. The van der Waals surface area contributed by atoms with Gasteiger partial charge in [-0.1, -0.05) is 18.2 Å². The van der Waals surface area contributed by atoms with Crippen molar-refractivity contribution in [3.05, 3.63) is 53.1 Å². The zero-order chi connectivity index (χ0) is 20.1. The van der Waals surface area contributed by atoms with Gasteiger partial charge in [0.05, 0.1) is 0 Å². The standard InChI is InChI=1S/C19H21F4N3O2/c20-15-4-2-1-3-14(15)12-26(8-5-13-6-9-28-10-7-13)18(27)16-11-17(25-24-16)19(21,22)23/h1-4,11,13H,5-10,12H2,(H,24,25). The summed E-state index contributed by atoms with van der Waals surface area (Å²) in [6.45, 7) is 1.56. The molecule has 0 aliphatic carbocycles. The second-order valence-corrected chi connectivity index (χ2v) is 6.83. The lowest BCUT2D eigenvalue weighted by atomic mass is 9.96. The molecular formula is C19H21F4N3O2. The quantitative estimate of drug-likeness (QED) is 0.747. The Labute approximate surface area is 159 Å². The summed E-state index contributed by atoms with van der Waals surface area (Å²) >= 11 is 0. The van der Waals surface area contributed by atoms with Crippen LogP contribution in [0.2, 0.25) is 0 Å². The maximum Gasteiger partial charge on any atom is 0.432 e. The molecule has 0 radical (unpaired) electrons. The van der Waals surface area contributed by atoms with Crippen molar-refractivity contribution in [1.82, 2.24) is 15.1 Å². The number of nitrogens with one attached hydrogen (secondary N) is 1. The van der Waals surface area contributed by atoms with E-state index in [1.807, 2.05) is 5.10 Å². The molecule has 0 unspecified atom stereocenters. The largest absolute Gasteiger partial charge is 0.432 e. The van der Waals surface area contributed by atoms with Crippen LogP contribution in [0.15, 0.2) is 30.3 Å². The van der Waals surface area contributed by atoms with Crippen molar-refractivity contribution in [2.24, 2.45) is 5.92 Å². The molecule has 1 fully saturated rings. The first kappa shape index (κ1) is 20.3. The Balaban J connectivity index is 1.76. The molecule has 1 N–H and O–H groups in total. The van der Waals surface area contributed by atoms with E-state index in [1.54, 1.807) is 12.1 Å².